The normalized spacial score (nSPS) is 15.8. The van der Waals surface area contributed by atoms with Gasteiger partial charge in [-0.3, -0.25) is 14.3 Å². The number of para-hydroxylation sites is 1. The van der Waals surface area contributed by atoms with Crippen LogP contribution in [0.2, 0.25) is 0 Å². The zero-order valence-electron chi connectivity index (χ0n) is 17.2. The first kappa shape index (κ1) is 21.1. The molecule has 0 bridgehead atoms. The first-order valence-electron chi connectivity index (χ1n) is 10.4. The van der Waals surface area contributed by atoms with Gasteiger partial charge in [-0.1, -0.05) is 42.4 Å². The average molecular weight is 442 g/mol. The lowest BCUT2D eigenvalue weighted by molar-refractivity contribution is -0.119. The SMILES string of the molecule is CC(NC(=O)CSc1nnc(CN2CCCCC2)n1-c1ccccc1)c1cccs1. The quantitative estimate of drug-likeness (QED) is 0.529. The van der Waals surface area contributed by atoms with Crippen LogP contribution in [0.4, 0.5) is 0 Å². The van der Waals surface area contributed by atoms with Gasteiger partial charge in [0.25, 0.3) is 0 Å². The molecule has 1 N–H and O–H groups in total. The molecule has 6 nitrogen and oxygen atoms in total. The standard InChI is InChI=1S/C22H27N5OS2/c1-17(19-11-8-14-29-19)23-21(28)16-30-22-25-24-20(15-26-12-6-3-7-13-26)27(22)18-9-4-2-5-10-18/h2,4-5,8-11,14,17H,3,6-7,12-13,15-16H2,1H3,(H,23,28). The molecule has 1 amide bonds. The fraction of sp³-hybridized carbons (Fsp3) is 0.409. The third-order valence-corrected chi connectivity index (χ3v) is 7.19. The van der Waals surface area contributed by atoms with Gasteiger partial charge in [-0.2, -0.15) is 0 Å². The molecule has 1 aliphatic rings. The highest BCUT2D eigenvalue weighted by molar-refractivity contribution is 7.99. The zero-order chi connectivity index (χ0) is 20.8. The summed E-state index contributed by atoms with van der Waals surface area (Å²) in [6.45, 7) is 5.00. The molecule has 1 aromatic carbocycles. The fourth-order valence-electron chi connectivity index (χ4n) is 3.67. The number of likely N-dealkylation sites (tertiary alicyclic amines) is 1. The Bertz CT molecular complexity index is 936. The van der Waals surface area contributed by atoms with Crippen LogP contribution < -0.4 is 5.32 Å². The maximum atomic E-state index is 12.5. The summed E-state index contributed by atoms with van der Waals surface area (Å²) in [4.78, 5) is 16.1. The number of carbonyl (C=O) groups is 1. The minimum atomic E-state index is 0.00101. The van der Waals surface area contributed by atoms with Crippen LogP contribution >= 0.6 is 23.1 Å². The number of amides is 1. The Morgan fingerprint density at radius 2 is 1.93 bits per heavy atom. The smallest absolute Gasteiger partial charge is 0.230 e. The molecule has 158 valence electrons. The van der Waals surface area contributed by atoms with E-state index in [1.54, 1.807) is 11.3 Å². The third-order valence-electron chi connectivity index (χ3n) is 5.21. The Hall–Kier alpha value is -2.16. The molecule has 3 aromatic rings. The molecule has 8 heteroatoms. The number of nitrogens with one attached hydrogen (secondary N) is 1. The van der Waals surface area contributed by atoms with E-state index in [0.717, 1.165) is 41.2 Å². The van der Waals surface area contributed by atoms with Crippen LogP contribution in [-0.2, 0) is 11.3 Å². The molecule has 0 saturated carbocycles. The van der Waals surface area contributed by atoms with Crippen molar-refractivity contribution in [3.63, 3.8) is 0 Å². The number of piperidine rings is 1. The summed E-state index contributed by atoms with van der Waals surface area (Å²) in [6, 6.07) is 14.2. The van der Waals surface area contributed by atoms with Gasteiger partial charge in [0.2, 0.25) is 5.91 Å². The lowest BCUT2D eigenvalue weighted by atomic mass is 10.1. The molecule has 30 heavy (non-hydrogen) atoms. The predicted octanol–water partition coefficient (Wildman–Crippen LogP) is 4.28. The van der Waals surface area contributed by atoms with Crippen molar-refractivity contribution in [2.24, 2.45) is 0 Å². The summed E-state index contributed by atoms with van der Waals surface area (Å²) in [6.07, 6.45) is 3.79. The van der Waals surface area contributed by atoms with E-state index in [9.17, 15) is 4.79 Å². The monoisotopic (exact) mass is 441 g/mol. The largest absolute Gasteiger partial charge is 0.348 e. The maximum Gasteiger partial charge on any atom is 0.230 e. The highest BCUT2D eigenvalue weighted by atomic mass is 32.2. The number of hydrogen-bond donors (Lipinski definition) is 1. The van der Waals surface area contributed by atoms with Crippen LogP contribution in [0.15, 0.2) is 53.0 Å². The topological polar surface area (TPSA) is 63.1 Å². The molecule has 0 spiro atoms. The number of thioether (sulfide) groups is 1. The van der Waals surface area contributed by atoms with Crippen molar-refractivity contribution in [1.29, 1.82) is 0 Å². The second-order valence-corrected chi connectivity index (χ2v) is 9.42. The van der Waals surface area contributed by atoms with Crippen molar-refractivity contribution in [2.75, 3.05) is 18.8 Å². The van der Waals surface area contributed by atoms with Gasteiger partial charge in [0, 0.05) is 10.6 Å². The van der Waals surface area contributed by atoms with Gasteiger partial charge in [0.15, 0.2) is 11.0 Å². The molecule has 1 saturated heterocycles. The van der Waals surface area contributed by atoms with E-state index >= 15 is 0 Å². The van der Waals surface area contributed by atoms with E-state index in [-0.39, 0.29) is 11.9 Å². The lowest BCUT2D eigenvalue weighted by Gasteiger charge is -2.26. The van der Waals surface area contributed by atoms with Crippen LogP contribution in [0, 0.1) is 0 Å². The molecule has 1 atom stereocenters. The van der Waals surface area contributed by atoms with Crippen molar-refractivity contribution in [1.82, 2.24) is 25.0 Å². The van der Waals surface area contributed by atoms with Crippen molar-refractivity contribution < 1.29 is 4.79 Å². The Morgan fingerprint density at radius 1 is 1.13 bits per heavy atom. The van der Waals surface area contributed by atoms with E-state index in [1.807, 2.05) is 42.6 Å². The van der Waals surface area contributed by atoms with Crippen LogP contribution in [-0.4, -0.2) is 44.4 Å². The number of rotatable bonds is 8. The lowest BCUT2D eigenvalue weighted by Crippen LogP contribution is -2.30. The first-order valence-corrected chi connectivity index (χ1v) is 12.2. The van der Waals surface area contributed by atoms with Gasteiger partial charge < -0.3 is 5.32 Å². The van der Waals surface area contributed by atoms with Gasteiger partial charge in [-0.25, -0.2) is 0 Å². The van der Waals surface area contributed by atoms with Crippen LogP contribution in [0.3, 0.4) is 0 Å². The number of hydrogen-bond acceptors (Lipinski definition) is 6. The third kappa shape index (κ3) is 5.30. The van der Waals surface area contributed by atoms with Gasteiger partial charge >= 0.3 is 0 Å². The van der Waals surface area contributed by atoms with E-state index in [2.05, 4.69) is 37.1 Å². The molecule has 0 radical (unpaired) electrons. The molecule has 1 aliphatic heterocycles. The summed E-state index contributed by atoms with van der Waals surface area (Å²) >= 11 is 3.09. The number of nitrogens with zero attached hydrogens (tertiary/aromatic N) is 4. The van der Waals surface area contributed by atoms with Crippen molar-refractivity contribution in [2.45, 2.75) is 43.9 Å². The van der Waals surface area contributed by atoms with Gasteiger partial charge in [0.05, 0.1) is 18.3 Å². The second-order valence-electron chi connectivity index (χ2n) is 7.50. The zero-order valence-corrected chi connectivity index (χ0v) is 18.8. The first-order chi connectivity index (χ1) is 14.7. The Kier molecular flexibility index (Phi) is 7.20. The average Bonchev–Trinajstić information content (AvgIpc) is 3.44. The summed E-state index contributed by atoms with van der Waals surface area (Å²) < 4.78 is 2.09. The highest BCUT2D eigenvalue weighted by Crippen LogP contribution is 2.24. The van der Waals surface area contributed by atoms with Gasteiger partial charge in [0.1, 0.15) is 0 Å². The van der Waals surface area contributed by atoms with Gasteiger partial charge in [-0.15, -0.1) is 21.5 Å². The summed E-state index contributed by atoms with van der Waals surface area (Å²) in [5.41, 5.74) is 1.03. The van der Waals surface area contributed by atoms with Crippen molar-refractivity contribution >= 4 is 29.0 Å². The number of thiophene rings is 1. The Labute approximate surface area is 185 Å². The minimum absolute atomic E-state index is 0.00101. The predicted molar refractivity (Wildman–Crippen MR) is 122 cm³/mol. The van der Waals surface area contributed by atoms with E-state index in [1.165, 1.54) is 31.0 Å². The number of carbonyl (C=O) groups excluding carboxylic acids is 1. The van der Waals surface area contributed by atoms with Crippen LogP contribution in [0.5, 0.6) is 0 Å². The molecule has 2 aromatic heterocycles. The molecular weight excluding hydrogens is 414 g/mol. The van der Waals surface area contributed by atoms with E-state index in [0.29, 0.717) is 5.75 Å². The fourth-order valence-corrected chi connectivity index (χ4v) is 5.19. The maximum absolute atomic E-state index is 12.5. The van der Waals surface area contributed by atoms with Crippen LogP contribution in [0.1, 0.15) is 42.9 Å². The molecule has 1 unspecified atom stereocenters. The minimum Gasteiger partial charge on any atom is -0.348 e. The second kappa shape index (κ2) is 10.2. The molecular formula is C22H27N5OS2. The molecule has 3 heterocycles. The summed E-state index contributed by atoms with van der Waals surface area (Å²) in [7, 11) is 0. The van der Waals surface area contributed by atoms with Crippen molar-refractivity contribution in [3.05, 3.63) is 58.5 Å². The summed E-state index contributed by atoms with van der Waals surface area (Å²) in [5, 5.41) is 14.8. The van der Waals surface area contributed by atoms with Gasteiger partial charge in [-0.05, 0) is 56.4 Å². The molecule has 4 rings (SSSR count). The van der Waals surface area contributed by atoms with E-state index < -0.39 is 0 Å². The summed E-state index contributed by atoms with van der Waals surface area (Å²) in [5.74, 6) is 1.24. The number of aromatic nitrogens is 3. The molecule has 0 aliphatic carbocycles. The highest BCUT2D eigenvalue weighted by Gasteiger charge is 2.20. The van der Waals surface area contributed by atoms with Crippen molar-refractivity contribution in [3.8, 4) is 5.69 Å². The molecule has 1 fully saturated rings. The van der Waals surface area contributed by atoms with Crippen LogP contribution in [0.25, 0.3) is 5.69 Å². The number of benzene rings is 1. The Morgan fingerprint density at radius 3 is 2.67 bits per heavy atom. The van der Waals surface area contributed by atoms with E-state index in [4.69, 9.17) is 0 Å². The Balaban J connectivity index is 1.46.